The average molecular weight is 419 g/mol. The topological polar surface area (TPSA) is 125 Å². The van der Waals surface area contributed by atoms with Gasteiger partial charge in [0.2, 0.25) is 5.91 Å². The molecule has 152 valence electrons. The van der Waals surface area contributed by atoms with Crippen molar-refractivity contribution in [1.82, 2.24) is 5.32 Å². The summed E-state index contributed by atoms with van der Waals surface area (Å²) >= 11 is 5.78. The molecule has 1 atom stereocenters. The van der Waals surface area contributed by atoms with Crippen LogP contribution in [0.1, 0.15) is 32.7 Å². The molecular formula is C20H19ClN2O6. The quantitative estimate of drug-likeness (QED) is 0.630. The lowest BCUT2D eigenvalue weighted by Gasteiger charge is -2.16. The first-order valence-electron chi connectivity index (χ1n) is 8.48. The Balaban J connectivity index is 2.00. The van der Waals surface area contributed by atoms with Crippen molar-refractivity contribution < 1.29 is 28.7 Å². The summed E-state index contributed by atoms with van der Waals surface area (Å²) in [6.45, 7) is -0.119. The van der Waals surface area contributed by atoms with Crippen LogP contribution in [0.3, 0.4) is 0 Å². The van der Waals surface area contributed by atoms with Crippen LogP contribution < -0.4 is 11.1 Å². The van der Waals surface area contributed by atoms with Gasteiger partial charge in [-0.15, -0.1) is 0 Å². The summed E-state index contributed by atoms with van der Waals surface area (Å²) < 4.78 is 9.78. The van der Waals surface area contributed by atoms with Gasteiger partial charge in [0.05, 0.1) is 19.1 Å². The Kier molecular flexibility index (Phi) is 7.73. The van der Waals surface area contributed by atoms with Crippen LogP contribution in [0.25, 0.3) is 0 Å². The van der Waals surface area contributed by atoms with E-state index >= 15 is 0 Å². The van der Waals surface area contributed by atoms with Crippen LogP contribution in [-0.4, -0.2) is 36.9 Å². The summed E-state index contributed by atoms with van der Waals surface area (Å²) in [5.74, 6) is -2.65. The number of benzene rings is 2. The van der Waals surface area contributed by atoms with E-state index in [1.165, 1.54) is 43.5 Å². The van der Waals surface area contributed by atoms with Crippen molar-refractivity contribution in [3.8, 4) is 0 Å². The Labute approximate surface area is 171 Å². The van der Waals surface area contributed by atoms with E-state index in [0.29, 0.717) is 16.1 Å². The van der Waals surface area contributed by atoms with Crippen LogP contribution in [-0.2, 0) is 25.7 Å². The monoisotopic (exact) mass is 418 g/mol. The molecule has 2 aromatic rings. The maximum Gasteiger partial charge on any atom is 0.337 e. The van der Waals surface area contributed by atoms with Gasteiger partial charge in [-0.25, -0.2) is 9.59 Å². The van der Waals surface area contributed by atoms with Gasteiger partial charge in [-0.2, -0.15) is 0 Å². The maximum absolute atomic E-state index is 12.4. The van der Waals surface area contributed by atoms with Crippen LogP contribution in [0.5, 0.6) is 0 Å². The molecular weight excluding hydrogens is 400 g/mol. The zero-order valence-electron chi connectivity index (χ0n) is 15.5. The first-order valence-corrected chi connectivity index (χ1v) is 8.86. The molecule has 1 unspecified atom stereocenters. The molecule has 0 bridgehead atoms. The van der Waals surface area contributed by atoms with E-state index in [9.17, 15) is 19.2 Å². The molecule has 2 aromatic carbocycles. The highest BCUT2D eigenvalue weighted by molar-refractivity contribution is 6.30. The number of hydrogen-bond donors (Lipinski definition) is 2. The van der Waals surface area contributed by atoms with Gasteiger partial charge >= 0.3 is 11.9 Å². The van der Waals surface area contributed by atoms with Gasteiger partial charge in [-0.1, -0.05) is 23.7 Å². The smallest absolute Gasteiger partial charge is 0.337 e. The largest absolute Gasteiger partial charge is 0.465 e. The number of carbonyl (C=O) groups is 4. The normalized spacial score (nSPS) is 11.2. The molecule has 0 aliphatic heterocycles. The number of nitrogens with two attached hydrogens (primary N) is 1. The van der Waals surface area contributed by atoms with Crippen molar-refractivity contribution in [1.29, 1.82) is 0 Å². The summed E-state index contributed by atoms with van der Waals surface area (Å²) in [5.41, 5.74) is 6.39. The second-order valence-electron chi connectivity index (χ2n) is 6.00. The number of carbonyl (C=O) groups excluding carboxylic acids is 4. The molecule has 0 saturated heterocycles. The van der Waals surface area contributed by atoms with E-state index in [1.807, 2.05) is 0 Å². The molecule has 0 aliphatic rings. The Hall–Kier alpha value is -3.39. The minimum Gasteiger partial charge on any atom is -0.465 e. The Bertz CT molecular complexity index is 896. The fraction of sp³-hybridized carbons (Fsp3) is 0.200. The van der Waals surface area contributed by atoms with Gasteiger partial charge in [-0.3, -0.25) is 9.59 Å². The molecule has 0 radical (unpaired) electrons. The molecule has 0 saturated carbocycles. The highest BCUT2D eigenvalue weighted by Crippen LogP contribution is 2.11. The SMILES string of the molecule is COC(=O)c1ccc(COC(=O)C(CC(N)=O)NC(=O)c2ccc(Cl)cc2)cc1. The molecule has 8 nitrogen and oxygen atoms in total. The zero-order valence-corrected chi connectivity index (χ0v) is 16.3. The maximum atomic E-state index is 12.4. The molecule has 29 heavy (non-hydrogen) atoms. The molecule has 0 fully saturated rings. The van der Waals surface area contributed by atoms with E-state index in [1.54, 1.807) is 12.1 Å². The van der Waals surface area contributed by atoms with Crippen LogP contribution in [0.2, 0.25) is 5.02 Å². The third-order valence-corrected chi connectivity index (χ3v) is 4.11. The highest BCUT2D eigenvalue weighted by atomic mass is 35.5. The van der Waals surface area contributed by atoms with Crippen molar-refractivity contribution in [3.05, 3.63) is 70.2 Å². The van der Waals surface area contributed by atoms with E-state index in [4.69, 9.17) is 22.1 Å². The van der Waals surface area contributed by atoms with E-state index in [0.717, 1.165) is 0 Å². The van der Waals surface area contributed by atoms with Crippen molar-refractivity contribution in [2.24, 2.45) is 5.73 Å². The van der Waals surface area contributed by atoms with Crippen LogP contribution in [0, 0.1) is 0 Å². The van der Waals surface area contributed by atoms with Gasteiger partial charge in [0, 0.05) is 10.6 Å². The number of esters is 2. The molecule has 0 heterocycles. The highest BCUT2D eigenvalue weighted by Gasteiger charge is 2.25. The van der Waals surface area contributed by atoms with Gasteiger partial charge < -0.3 is 20.5 Å². The molecule has 9 heteroatoms. The summed E-state index contributed by atoms with van der Waals surface area (Å²) in [6, 6.07) is 11.0. The Morgan fingerprint density at radius 2 is 1.59 bits per heavy atom. The zero-order chi connectivity index (χ0) is 21.4. The van der Waals surface area contributed by atoms with Crippen molar-refractivity contribution in [3.63, 3.8) is 0 Å². The first kappa shape index (κ1) is 21.9. The van der Waals surface area contributed by atoms with Crippen LogP contribution >= 0.6 is 11.6 Å². The minimum atomic E-state index is -1.25. The Morgan fingerprint density at radius 3 is 2.14 bits per heavy atom. The number of halogens is 1. The fourth-order valence-electron chi connectivity index (χ4n) is 2.35. The molecule has 2 amide bonds. The summed E-state index contributed by atoms with van der Waals surface area (Å²) in [7, 11) is 1.27. The third-order valence-electron chi connectivity index (χ3n) is 3.86. The number of hydrogen-bond acceptors (Lipinski definition) is 6. The van der Waals surface area contributed by atoms with Crippen LogP contribution in [0.15, 0.2) is 48.5 Å². The number of methoxy groups -OCH3 is 1. The summed E-state index contributed by atoms with van der Waals surface area (Å²) in [6.07, 6.45) is -0.417. The first-order chi connectivity index (χ1) is 13.8. The van der Waals surface area contributed by atoms with E-state index in [2.05, 4.69) is 10.1 Å². The second kappa shape index (κ2) is 10.2. The minimum absolute atomic E-state index is 0.119. The van der Waals surface area contributed by atoms with Crippen molar-refractivity contribution in [2.75, 3.05) is 7.11 Å². The number of nitrogens with one attached hydrogen (secondary N) is 1. The summed E-state index contributed by atoms with van der Waals surface area (Å²) in [5, 5.41) is 2.88. The molecule has 2 rings (SSSR count). The van der Waals surface area contributed by atoms with Gasteiger partial charge in [-0.05, 0) is 42.0 Å². The lowest BCUT2D eigenvalue weighted by molar-refractivity contribution is -0.148. The van der Waals surface area contributed by atoms with E-state index < -0.39 is 36.2 Å². The lowest BCUT2D eigenvalue weighted by Crippen LogP contribution is -2.44. The molecule has 3 N–H and O–H groups in total. The number of rotatable bonds is 8. The van der Waals surface area contributed by atoms with Crippen LogP contribution in [0.4, 0.5) is 0 Å². The summed E-state index contributed by atoms with van der Waals surface area (Å²) in [4.78, 5) is 47.4. The predicted octanol–water partition coefficient (Wildman–Crippen LogP) is 1.84. The standard InChI is InChI=1S/C20H19ClN2O6/c1-28-19(26)14-4-2-12(3-5-14)11-29-20(27)16(10-17(22)24)23-18(25)13-6-8-15(21)9-7-13/h2-9,16H,10-11H2,1H3,(H2,22,24)(H,23,25). The lowest BCUT2D eigenvalue weighted by atomic mass is 10.1. The number of amides is 2. The molecule has 0 aliphatic carbocycles. The van der Waals surface area contributed by atoms with E-state index in [-0.39, 0.29) is 12.2 Å². The van der Waals surface area contributed by atoms with Crippen molar-refractivity contribution in [2.45, 2.75) is 19.1 Å². The van der Waals surface area contributed by atoms with Gasteiger partial charge in [0.25, 0.3) is 5.91 Å². The number of primary amides is 1. The molecule has 0 spiro atoms. The van der Waals surface area contributed by atoms with Gasteiger partial charge in [0.1, 0.15) is 12.6 Å². The average Bonchev–Trinajstić information content (AvgIpc) is 2.71. The predicted molar refractivity (Wildman–Crippen MR) is 104 cm³/mol. The third kappa shape index (κ3) is 6.62. The Morgan fingerprint density at radius 1 is 1.00 bits per heavy atom. The van der Waals surface area contributed by atoms with Gasteiger partial charge in [0.15, 0.2) is 0 Å². The number of ether oxygens (including phenoxy) is 2. The second-order valence-corrected chi connectivity index (χ2v) is 6.44. The molecule has 0 aromatic heterocycles. The van der Waals surface area contributed by atoms with Crippen molar-refractivity contribution >= 4 is 35.4 Å². The fourth-order valence-corrected chi connectivity index (χ4v) is 2.47.